The van der Waals surface area contributed by atoms with Gasteiger partial charge < -0.3 is 20.3 Å². The molecule has 2 N–H and O–H groups in total. The molecule has 0 radical (unpaired) electrons. The van der Waals surface area contributed by atoms with E-state index in [-0.39, 0.29) is 24.0 Å². The molecule has 1 aromatic heterocycles. The molecule has 1 aromatic carbocycles. The van der Waals surface area contributed by atoms with Crippen molar-refractivity contribution in [3.05, 3.63) is 35.9 Å². The number of methoxy groups -OCH3 is 1. The molecule has 7 heteroatoms. The zero-order chi connectivity index (χ0) is 17.4. The number of benzene rings is 1. The highest BCUT2D eigenvalue weighted by atomic mass is 127. The van der Waals surface area contributed by atoms with Crippen molar-refractivity contribution in [2.45, 2.75) is 13.0 Å². The second-order valence-electron chi connectivity index (χ2n) is 5.75. The van der Waals surface area contributed by atoms with Gasteiger partial charge in [-0.1, -0.05) is 18.2 Å². The van der Waals surface area contributed by atoms with Crippen LogP contribution in [0.15, 0.2) is 35.3 Å². The Labute approximate surface area is 167 Å². The molecule has 2 rings (SSSR count). The SMILES string of the molecule is CN=C(NCCCOC)NCc1cc(N(C)C)nc2ccccc12.I. The minimum Gasteiger partial charge on any atom is -0.385 e. The van der Waals surface area contributed by atoms with E-state index in [0.29, 0.717) is 6.54 Å². The fourth-order valence-electron chi connectivity index (χ4n) is 2.43. The van der Waals surface area contributed by atoms with Gasteiger partial charge in [-0.05, 0) is 24.1 Å². The Morgan fingerprint density at radius 3 is 2.68 bits per heavy atom. The summed E-state index contributed by atoms with van der Waals surface area (Å²) in [4.78, 5) is 11.0. The van der Waals surface area contributed by atoms with Gasteiger partial charge in [0, 0.05) is 53.3 Å². The normalized spacial score (nSPS) is 11.1. The molecule has 0 atom stereocenters. The van der Waals surface area contributed by atoms with Crippen LogP contribution in [0.1, 0.15) is 12.0 Å². The summed E-state index contributed by atoms with van der Waals surface area (Å²) in [5.41, 5.74) is 2.20. The van der Waals surface area contributed by atoms with E-state index in [9.17, 15) is 0 Å². The summed E-state index contributed by atoms with van der Waals surface area (Å²) in [7, 11) is 7.50. The van der Waals surface area contributed by atoms with Crippen LogP contribution in [-0.2, 0) is 11.3 Å². The van der Waals surface area contributed by atoms with Crippen molar-refractivity contribution >= 4 is 46.7 Å². The Bertz CT molecular complexity index is 690. The van der Waals surface area contributed by atoms with E-state index in [1.165, 1.54) is 5.56 Å². The number of anilines is 1. The lowest BCUT2D eigenvalue weighted by atomic mass is 10.1. The predicted molar refractivity (Wildman–Crippen MR) is 116 cm³/mol. The molecule has 0 unspecified atom stereocenters. The first-order valence-electron chi connectivity index (χ1n) is 8.15. The fourth-order valence-corrected chi connectivity index (χ4v) is 2.43. The number of rotatable bonds is 7. The van der Waals surface area contributed by atoms with Gasteiger partial charge >= 0.3 is 0 Å². The lowest BCUT2D eigenvalue weighted by Crippen LogP contribution is -2.37. The van der Waals surface area contributed by atoms with Crippen molar-refractivity contribution in [3.63, 3.8) is 0 Å². The number of nitrogens with zero attached hydrogens (tertiary/aromatic N) is 3. The number of ether oxygens (including phenoxy) is 1. The van der Waals surface area contributed by atoms with E-state index in [2.05, 4.69) is 27.8 Å². The summed E-state index contributed by atoms with van der Waals surface area (Å²) in [6.45, 7) is 2.26. The largest absolute Gasteiger partial charge is 0.385 e. The van der Waals surface area contributed by atoms with Crippen LogP contribution in [0.4, 0.5) is 5.82 Å². The molecule has 0 saturated carbocycles. The van der Waals surface area contributed by atoms with Crippen molar-refractivity contribution in [3.8, 4) is 0 Å². The molecule has 0 spiro atoms. The fraction of sp³-hybridized carbons (Fsp3) is 0.444. The molecule has 0 aliphatic carbocycles. The quantitative estimate of drug-likeness (QED) is 0.290. The van der Waals surface area contributed by atoms with Crippen molar-refractivity contribution in [1.29, 1.82) is 0 Å². The summed E-state index contributed by atoms with van der Waals surface area (Å²) >= 11 is 0. The molecule has 0 aliphatic heterocycles. The summed E-state index contributed by atoms with van der Waals surface area (Å²) in [6, 6.07) is 10.3. The molecule has 0 amide bonds. The van der Waals surface area contributed by atoms with Crippen LogP contribution in [0, 0.1) is 0 Å². The van der Waals surface area contributed by atoms with Crippen molar-refractivity contribution in [2.75, 3.05) is 46.3 Å². The Balaban J connectivity index is 0.00000312. The molecular weight excluding hydrogens is 429 g/mol. The number of halogens is 1. The van der Waals surface area contributed by atoms with Crippen LogP contribution in [0.2, 0.25) is 0 Å². The second-order valence-corrected chi connectivity index (χ2v) is 5.75. The lowest BCUT2D eigenvalue weighted by molar-refractivity contribution is 0.195. The average molecular weight is 457 g/mol. The highest BCUT2D eigenvalue weighted by Gasteiger charge is 2.07. The monoisotopic (exact) mass is 457 g/mol. The number of fused-ring (bicyclic) bond motifs is 1. The summed E-state index contributed by atoms with van der Waals surface area (Å²) in [5, 5.41) is 7.82. The number of aliphatic imine (C=N–C) groups is 1. The van der Waals surface area contributed by atoms with Gasteiger partial charge in [0.2, 0.25) is 0 Å². The first kappa shape index (κ1) is 21.4. The van der Waals surface area contributed by atoms with Crippen LogP contribution < -0.4 is 15.5 Å². The Kier molecular flexibility index (Phi) is 9.51. The predicted octanol–water partition coefficient (Wildman–Crippen LogP) is 2.62. The zero-order valence-electron chi connectivity index (χ0n) is 15.4. The first-order chi connectivity index (χ1) is 11.7. The standard InChI is InChI=1S/C18H27N5O.HI/c1-19-18(20-10-7-11-24-4)21-13-14-12-17(23(2)3)22-16-9-6-5-8-15(14)16;/h5-6,8-9,12H,7,10-11,13H2,1-4H3,(H2,19,20,21);1H. The first-order valence-corrected chi connectivity index (χ1v) is 8.15. The number of hydrogen-bond donors (Lipinski definition) is 2. The maximum atomic E-state index is 5.06. The van der Waals surface area contributed by atoms with Gasteiger partial charge in [0.05, 0.1) is 5.52 Å². The van der Waals surface area contributed by atoms with Gasteiger partial charge in [0.1, 0.15) is 5.82 Å². The zero-order valence-corrected chi connectivity index (χ0v) is 17.7. The molecule has 0 aliphatic rings. The number of para-hydroxylation sites is 1. The van der Waals surface area contributed by atoms with E-state index in [0.717, 1.165) is 42.3 Å². The Hall–Kier alpha value is -1.61. The lowest BCUT2D eigenvalue weighted by Gasteiger charge is -2.17. The third-order valence-corrected chi connectivity index (χ3v) is 3.73. The Morgan fingerprint density at radius 1 is 1.24 bits per heavy atom. The molecule has 0 fully saturated rings. The summed E-state index contributed by atoms with van der Waals surface area (Å²) in [6.07, 6.45) is 0.945. The number of nitrogens with one attached hydrogen (secondary N) is 2. The third kappa shape index (κ3) is 6.32. The maximum absolute atomic E-state index is 5.06. The van der Waals surface area contributed by atoms with Crippen LogP contribution in [0.5, 0.6) is 0 Å². The van der Waals surface area contributed by atoms with Gasteiger partial charge in [0.25, 0.3) is 0 Å². The van der Waals surface area contributed by atoms with E-state index >= 15 is 0 Å². The van der Waals surface area contributed by atoms with Gasteiger partial charge in [-0.25, -0.2) is 4.98 Å². The molecular formula is C18H28IN5O. The molecule has 0 saturated heterocycles. The van der Waals surface area contributed by atoms with E-state index in [1.54, 1.807) is 14.2 Å². The highest BCUT2D eigenvalue weighted by Crippen LogP contribution is 2.21. The second kappa shape index (κ2) is 11.1. The number of pyridine rings is 1. The van der Waals surface area contributed by atoms with E-state index in [4.69, 9.17) is 9.72 Å². The summed E-state index contributed by atoms with van der Waals surface area (Å²) < 4.78 is 5.06. The molecule has 6 nitrogen and oxygen atoms in total. The molecule has 25 heavy (non-hydrogen) atoms. The topological polar surface area (TPSA) is 61.8 Å². The third-order valence-electron chi connectivity index (χ3n) is 3.73. The van der Waals surface area contributed by atoms with Crippen LogP contribution in [-0.4, -0.2) is 52.3 Å². The van der Waals surface area contributed by atoms with E-state index in [1.807, 2.05) is 37.2 Å². The van der Waals surface area contributed by atoms with Gasteiger partial charge in [-0.3, -0.25) is 4.99 Å². The van der Waals surface area contributed by atoms with Crippen molar-refractivity contribution in [2.24, 2.45) is 4.99 Å². The minimum absolute atomic E-state index is 0. The van der Waals surface area contributed by atoms with Crippen molar-refractivity contribution in [1.82, 2.24) is 15.6 Å². The van der Waals surface area contributed by atoms with Crippen LogP contribution in [0.25, 0.3) is 10.9 Å². The molecule has 1 heterocycles. The van der Waals surface area contributed by atoms with Gasteiger partial charge in [0.15, 0.2) is 5.96 Å². The minimum atomic E-state index is 0. The maximum Gasteiger partial charge on any atom is 0.191 e. The van der Waals surface area contributed by atoms with Crippen LogP contribution >= 0.6 is 24.0 Å². The Morgan fingerprint density at radius 2 is 2.00 bits per heavy atom. The van der Waals surface area contributed by atoms with Gasteiger partial charge in [-0.15, -0.1) is 24.0 Å². The van der Waals surface area contributed by atoms with Gasteiger partial charge in [-0.2, -0.15) is 0 Å². The van der Waals surface area contributed by atoms with Crippen LogP contribution in [0.3, 0.4) is 0 Å². The summed E-state index contributed by atoms with van der Waals surface area (Å²) in [5.74, 6) is 1.74. The smallest absolute Gasteiger partial charge is 0.191 e. The number of hydrogen-bond acceptors (Lipinski definition) is 4. The van der Waals surface area contributed by atoms with E-state index < -0.39 is 0 Å². The van der Waals surface area contributed by atoms with Crippen molar-refractivity contribution < 1.29 is 4.74 Å². The number of guanidine groups is 1. The molecule has 2 aromatic rings. The average Bonchev–Trinajstić information content (AvgIpc) is 2.60. The molecule has 138 valence electrons. The highest BCUT2D eigenvalue weighted by molar-refractivity contribution is 14.0. The molecule has 0 bridgehead atoms. The number of aromatic nitrogens is 1.